The standard InChI is InChI=1S/C10H16N4/c1-10(2)3-7(11)6-5-13-9(12)14-8(6)4-10/h5,7H,3-4,11H2,1-2H3,(H2,12,13,14). The van der Waals surface area contributed by atoms with Gasteiger partial charge in [-0.2, -0.15) is 0 Å². The van der Waals surface area contributed by atoms with Crippen molar-refractivity contribution in [1.29, 1.82) is 0 Å². The Hall–Kier alpha value is -1.16. The number of nitrogens with two attached hydrogens (primary N) is 2. The summed E-state index contributed by atoms with van der Waals surface area (Å²) in [5.41, 5.74) is 13.9. The lowest BCUT2D eigenvalue weighted by Gasteiger charge is -2.34. The third-order valence-electron chi connectivity index (χ3n) is 2.74. The topological polar surface area (TPSA) is 77.8 Å². The fraction of sp³-hybridized carbons (Fsp3) is 0.600. The van der Waals surface area contributed by atoms with Gasteiger partial charge in [-0.05, 0) is 18.3 Å². The van der Waals surface area contributed by atoms with Crippen molar-refractivity contribution in [2.45, 2.75) is 32.7 Å². The smallest absolute Gasteiger partial charge is 0.220 e. The predicted molar refractivity (Wildman–Crippen MR) is 55.5 cm³/mol. The van der Waals surface area contributed by atoms with E-state index in [1.165, 1.54) is 0 Å². The second-order valence-electron chi connectivity index (χ2n) is 4.78. The van der Waals surface area contributed by atoms with Gasteiger partial charge in [-0.1, -0.05) is 13.8 Å². The maximum atomic E-state index is 6.05. The molecule has 1 aliphatic carbocycles. The van der Waals surface area contributed by atoms with Gasteiger partial charge < -0.3 is 11.5 Å². The summed E-state index contributed by atoms with van der Waals surface area (Å²) in [4.78, 5) is 8.22. The lowest BCUT2D eigenvalue weighted by atomic mass is 9.74. The number of hydrogen-bond donors (Lipinski definition) is 2. The number of rotatable bonds is 0. The molecule has 1 unspecified atom stereocenters. The van der Waals surface area contributed by atoms with Gasteiger partial charge in [0.2, 0.25) is 5.95 Å². The van der Waals surface area contributed by atoms with E-state index in [-0.39, 0.29) is 11.5 Å². The van der Waals surface area contributed by atoms with Gasteiger partial charge in [-0.3, -0.25) is 0 Å². The third kappa shape index (κ3) is 1.57. The molecular formula is C10H16N4. The molecule has 1 atom stereocenters. The second-order valence-corrected chi connectivity index (χ2v) is 4.78. The first-order chi connectivity index (χ1) is 6.48. The average Bonchev–Trinajstić information content (AvgIpc) is 2.00. The molecule has 0 radical (unpaired) electrons. The van der Waals surface area contributed by atoms with Crippen LogP contribution in [0.1, 0.15) is 37.6 Å². The zero-order valence-corrected chi connectivity index (χ0v) is 8.62. The molecule has 1 heterocycles. The molecule has 14 heavy (non-hydrogen) atoms. The van der Waals surface area contributed by atoms with Crippen LogP contribution in [0.25, 0.3) is 0 Å². The fourth-order valence-electron chi connectivity index (χ4n) is 2.12. The van der Waals surface area contributed by atoms with Gasteiger partial charge in [0, 0.05) is 17.8 Å². The van der Waals surface area contributed by atoms with Crippen LogP contribution in [0.15, 0.2) is 6.20 Å². The highest BCUT2D eigenvalue weighted by Gasteiger charge is 2.31. The second kappa shape index (κ2) is 2.92. The van der Waals surface area contributed by atoms with E-state index in [2.05, 4.69) is 23.8 Å². The van der Waals surface area contributed by atoms with Crippen LogP contribution in [-0.2, 0) is 6.42 Å². The average molecular weight is 192 g/mol. The van der Waals surface area contributed by atoms with Gasteiger partial charge in [0.15, 0.2) is 0 Å². The van der Waals surface area contributed by atoms with E-state index < -0.39 is 0 Å². The molecule has 4 N–H and O–H groups in total. The molecule has 76 valence electrons. The first-order valence-corrected chi connectivity index (χ1v) is 4.85. The summed E-state index contributed by atoms with van der Waals surface area (Å²) in [5.74, 6) is 0.341. The number of anilines is 1. The molecule has 0 saturated heterocycles. The lowest BCUT2D eigenvalue weighted by molar-refractivity contribution is 0.278. The van der Waals surface area contributed by atoms with E-state index in [1.54, 1.807) is 6.20 Å². The molecule has 1 aromatic rings. The Morgan fingerprint density at radius 3 is 2.93 bits per heavy atom. The van der Waals surface area contributed by atoms with E-state index in [0.29, 0.717) is 5.95 Å². The molecule has 0 aromatic carbocycles. The van der Waals surface area contributed by atoms with Crippen molar-refractivity contribution in [2.24, 2.45) is 11.1 Å². The van der Waals surface area contributed by atoms with E-state index in [9.17, 15) is 0 Å². The van der Waals surface area contributed by atoms with E-state index in [4.69, 9.17) is 11.5 Å². The predicted octanol–water partition coefficient (Wildman–Crippen LogP) is 1.03. The Labute approximate surface area is 83.7 Å². The van der Waals surface area contributed by atoms with Crippen molar-refractivity contribution in [3.8, 4) is 0 Å². The SMILES string of the molecule is CC1(C)Cc2nc(N)ncc2C(N)C1. The van der Waals surface area contributed by atoms with E-state index >= 15 is 0 Å². The van der Waals surface area contributed by atoms with E-state index in [0.717, 1.165) is 24.1 Å². The minimum Gasteiger partial charge on any atom is -0.368 e. The first kappa shape index (κ1) is 9.40. The monoisotopic (exact) mass is 192 g/mol. The van der Waals surface area contributed by atoms with Gasteiger partial charge in [-0.15, -0.1) is 0 Å². The Morgan fingerprint density at radius 2 is 2.21 bits per heavy atom. The maximum Gasteiger partial charge on any atom is 0.220 e. The summed E-state index contributed by atoms with van der Waals surface area (Å²) in [6.45, 7) is 4.40. The Bertz CT molecular complexity index is 359. The van der Waals surface area contributed by atoms with Gasteiger partial charge in [0.1, 0.15) is 0 Å². The summed E-state index contributed by atoms with van der Waals surface area (Å²) in [7, 11) is 0. The number of hydrogen-bond acceptors (Lipinski definition) is 4. The summed E-state index contributed by atoms with van der Waals surface area (Å²) in [6.07, 6.45) is 3.67. The van der Waals surface area contributed by atoms with Crippen LogP contribution in [-0.4, -0.2) is 9.97 Å². The molecule has 0 aliphatic heterocycles. The van der Waals surface area contributed by atoms with Gasteiger partial charge in [0.25, 0.3) is 0 Å². The number of fused-ring (bicyclic) bond motifs is 1. The van der Waals surface area contributed by atoms with Crippen molar-refractivity contribution < 1.29 is 0 Å². The first-order valence-electron chi connectivity index (χ1n) is 4.85. The molecular weight excluding hydrogens is 176 g/mol. The highest BCUT2D eigenvalue weighted by molar-refractivity contribution is 5.30. The van der Waals surface area contributed by atoms with Crippen LogP contribution >= 0.6 is 0 Å². The van der Waals surface area contributed by atoms with Crippen LogP contribution in [0.2, 0.25) is 0 Å². The van der Waals surface area contributed by atoms with Crippen LogP contribution < -0.4 is 11.5 Å². The number of nitrogens with zero attached hydrogens (tertiary/aromatic N) is 2. The molecule has 4 nitrogen and oxygen atoms in total. The molecule has 0 bridgehead atoms. The van der Waals surface area contributed by atoms with Crippen molar-refractivity contribution in [1.82, 2.24) is 9.97 Å². The molecule has 2 rings (SSSR count). The molecule has 0 saturated carbocycles. The molecule has 0 fully saturated rings. The molecule has 4 heteroatoms. The van der Waals surface area contributed by atoms with Gasteiger partial charge >= 0.3 is 0 Å². The summed E-state index contributed by atoms with van der Waals surface area (Å²) >= 11 is 0. The van der Waals surface area contributed by atoms with Gasteiger partial charge in [0.05, 0.1) is 5.69 Å². The van der Waals surface area contributed by atoms with Crippen LogP contribution in [0.3, 0.4) is 0 Å². The largest absolute Gasteiger partial charge is 0.368 e. The van der Waals surface area contributed by atoms with Crippen LogP contribution in [0, 0.1) is 5.41 Å². The Kier molecular flexibility index (Phi) is 1.96. The zero-order valence-electron chi connectivity index (χ0n) is 8.62. The molecule has 0 spiro atoms. The Morgan fingerprint density at radius 1 is 1.50 bits per heavy atom. The molecule has 0 amide bonds. The normalized spacial score (nSPS) is 24.4. The van der Waals surface area contributed by atoms with Crippen molar-refractivity contribution >= 4 is 5.95 Å². The minimum atomic E-state index is 0.0503. The molecule has 1 aromatic heterocycles. The van der Waals surface area contributed by atoms with Crippen molar-refractivity contribution in [2.75, 3.05) is 5.73 Å². The minimum absolute atomic E-state index is 0.0503. The lowest BCUT2D eigenvalue weighted by Crippen LogP contribution is -2.30. The highest BCUT2D eigenvalue weighted by atomic mass is 15.0. The number of aromatic nitrogens is 2. The number of nitrogen functional groups attached to an aromatic ring is 1. The summed E-state index contributed by atoms with van der Waals surface area (Å²) in [5, 5.41) is 0. The van der Waals surface area contributed by atoms with E-state index in [1.807, 2.05) is 0 Å². The summed E-state index contributed by atoms with van der Waals surface area (Å²) in [6, 6.07) is 0.0503. The van der Waals surface area contributed by atoms with Crippen LogP contribution in [0.4, 0.5) is 5.95 Å². The Balaban J connectivity index is 2.46. The van der Waals surface area contributed by atoms with Crippen LogP contribution in [0.5, 0.6) is 0 Å². The van der Waals surface area contributed by atoms with Crippen molar-refractivity contribution in [3.05, 3.63) is 17.5 Å². The third-order valence-corrected chi connectivity index (χ3v) is 2.74. The maximum absolute atomic E-state index is 6.05. The van der Waals surface area contributed by atoms with Crippen molar-refractivity contribution in [3.63, 3.8) is 0 Å². The quantitative estimate of drug-likeness (QED) is 0.643. The fourth-order valence-corrected chi connectivity index (χ4v) is 2.12. The van der Waals surface area contributed by atoms with Gasteiger partial charge in [-0.25, -0.2) is 9.97 Å². The highest BCUT2D eigenvalue weighted by Crippen LogP contribution is 2.38. The summed E-state index contributed by atoms with van der Waals surface area (Å²) < 4.78 is 0. The molecule has 1 aliphatic rings. The zero-order chi connectivity index (χ0) is 10.3.